The van der Waals surface area contributed by atoms with Crippen LogP contribution < -0.4 is 5.32 Å². The summed E-state index contributed by atoms with van der Waals surface area (Å²) in [6, 6.07) is 9.67. The summed E-state index contributed by atoms with van der Waals surface area (Å²) in [5.41, 5.74) is 3.18. The number of benzene rings is 1. The molecule has 1 saturated carbocycles. The van der Waals surface area contributed by atoms with Gasteiger partial charge in [-0.15, -0.1) is 0 Å². The highest BCUT2D eigenvalue weighted by Gasteiger charge is 2.24. The first kappa shape index (κ1) is 13.6. The van der Waals surface area contributed by atoms with Crippen LogP contribution in [0.25, 0.3) is 0 Å². The van der Waals surface area contributed by atoms with Gasteiger partial charge in [-0.3, -0.25) is 0 Å². The van der Waals surface area contributed by atoms with Crippen LogP contribution in [0.5, 0.6) is 0 Å². The van der Waals surface area contributed by atoms with Gasteiger partial charge >= 0.3 is 0 Å². The smallest absolute Gasteiger partial charge is 0.0322 e. The molecule has 0 spiro atoms. The van der Waals surface area contributed by atoms with E-state index in [-0.39, 0.29) is 0 Å². The van der Waals surface area contributed by atoms with Crippen molar-refractivity contribution in [2.24, 2.45) is 0 Å². The number of hydrogen-bond donors (Lipinski definition) is 1. The lowest BCUT2D eigenvalue weighted by molar-refractivity contribution is 0.407. The van der Waals surface area contributed by atoms with Crippen molar-refractivity contribution in [3.05, 3.63) is 35.4 Å². The van der Waals surface area contributed by atoms with Crippen molar-refractivity contribution >= 4 is 0 Å². The van der Waals surface area contributed by atoms with Gasteiger partial charge < -0.3 is 5.32 Å². The fourth-order valence-electron chi connectivity index (χ4n) is 2.89. The summed E-state index contributed by atoms with van der Waals surface area (Å²) in [7, 11) is 0. The van der Waals surface area contributed by atoms with E-state index >= 15 is 0 Å². The predicted octanol–water partition coefficient (Wildman–Crippen LogP) is 4.79. The lowest BCUT2D eigenvalue weighted by atomic mass is 9.77. The number of hydrogen-bond acceptors (Lipinski definition) is 1. The second kappa shape index (κ2) is 6.94. The molecule has 1 aliphatic carbocycles. The summed E-state index contributed by atoms with van der Waals surface area (Å²) in [4.78, 5) is 0. The van der Waals surface area contributed by atoms with E-state index in [1.165, 1.54) is 38.5 Å². The van der Waals surface area contributed by atoms with E-state index in [4.69, 9.17) is 0 Å². The van der Waals surface area contributed by atoms with Gasteiger partial charge in [0.25, 0.3) is 0 Å². The molecule has 0 amide bonds. The third-order valence-corrected chi connectivity index (χ3v) is 4.13. The van der Waals surface area contributed by atoms with Crippen molar-refractivity contribution < 1.29 is 0 Å². The largest absolute Gasteiger partial charge is 0.310 e. The highest BCUT2D eigenvalue weighted by atomic mass is 14.9. The maximum atomic E-state index is 3.73. The molecule has 1 N–H and O–H groups in total. The van der Waals surface area contributed by atoms with E-state index in [1.807, 2.05) is 0 Å². The Kier molecular flexibility index (Phi) is 5.25. The number of rotatable bonds is 7. The van der Waals surface area contributed by atoms with Crippen molar-refractivity contribution in [3.63, 3.8) is 0 Å². The van der Waals surface area contributed by atoms with Crippen LogP contribution in [-0.2, 0) is 0 Å². The van der Waals surface area contributed by atoms with Crippen LogP contribution in [0.15, 0.2) is 24.3 Å². The molecule has 1 aromatic carbocycles. The monoisotopic (exact) mass is 245 g/mol. The standard InChI is InChI=1S/C17H27N/c1-3-8-17(18-13-4-2)16-12-6-5-11-15(16)14-9-7-10-14/h5-6,11-12,14,17-18H,3-4,7-10,13H2,1-2H3. The molecular weight excluding hydrogens is 218 g/mol. The van der Waals surface area contributed by atoms with E-state index in [0.717, 1.165) is 12.5 Å². The SMILES string of the molecule is CCCNC(CCC)c1ccccc1C1CCC1. The number of nitrogens with one attached hydrogen (secondary N) is 1. The van der Waals surface area contributed by atoms with Gasteiger partial charge in [0.1, 0.15) is 0 Å². The molecular formula is C17H27N. The zero-order chi connectivity index (χ0) is 12.8. The van der Waals surface area contributed by atoms with Gasteiger partial charge in [0, 0.05) is 6.04 Å². The fourth-order valence-corrected chi connectivity index (χ4v) is 2.89. The molecule has 1 nitrogen and oxygen atoms in total. The molecule has 1 atom stereocenters. The molecule has 1 aliphatic rings. The fraction of sp³-hybridized carbons (Fsp3) is 0.647. The summed E-state index contributed by atoms with van der Waals surface area (Å²) in [5.74, 6) is 0.837. The topological polar surface area (TPSA) is 12.0 Å². The molecule has 0 heterocycles. The van der Waals surface area contributed by atoms with Crippen molar-refractivity contribution in [1.29, 1.82) is 0 Å². The molecule has 0 aliphatic heterocycles. The van der Waals surface area contributed by atoms with Crippen LogP contribution in [0.3, 0.4) is 0 Å². The van der Waals surface area contributed by atoms with E-state index in [9.17, 15) is 0 Å². The van der Waals surface area contributed by atoms with Gasteiger partial charge in [-0.05, 0) is 49.3 Å². The Balaban J connectivity index is 2.16. The Morgan fingerprint density at radius 3 is 2.56 bits per heavy atom. The van der Waals surface area contributed by atoms with Gasteiger partial charge in [0.05, 0.1) is 0 Å². The molecule has 0 radical (unpaired) electrons. The van der Waals surface area contributed by atoms with Gasteiger partial charge in [0.2, 0.25) is 0 Å². The van der Waals surface area contributed by atoms with Crippen molar-refractivity contribution in [2.75, 3.05) is 6.54 Å². The molecule has 100 valence electrons. The lowest BCUT2D eigenvalue weighted by Gasteiger charge is -2.31. The second-order valence-electron chi connectivity index (χ2n) is 5.55. The third-order valence-electron chi connectivity index (χ3n) is 4.13. The molecule has 1 heteroatoms. The van der Waals surface area contributed by atoms with E-state index in [2.05, 4.69) is 43.4 Å². The minimum Gasteiger partial charge on any atom is -0.310 e. The Morgan fingerprint density at radius 2 is 1.94 bits per heavy atom. The average molecular weight is 245 g/mol. The Labute approximate surface area is 112 Å². The molecule has 1 unspecified atom stereocenters. The van der Waals surface area contributed by atoms with Crippen LogP contribution in [0, 0.1) is 0 Å². The molecule has 0 aromatic heterocycles. The molecule has 2 rings (SSSR count). The Bertz CT molecular complexity index is 354. The summed E-state index contributed by atoms with van der Waals surface area (Å²) >= 11 is 0. The highest BCUT2D eigenvalue weighted by molar-refractivity contribution is 5.34. The van der Waals surface area contributed by atoms with Gasteiger partial charge in [0.15, 0.2) is 0 Å². The molecule has 18 heavy (non-hydrogen) atoms. The third kappa shape index (κ3) is 3.14. The second-order valence-corrected chi connectivity index (χ2v) is 5.55. The average Bonchev–Trinajstić information content (AvgIpc) is 2.33. The van der Waals surface area contributed by atoms with Crippen molar-refractivity contribution in [2.45, 2.75) is 64.3 Å². The Morgan fingerprint density at radius 1 is 1.17 bits per heavy atom. The van der Waals surface area contributed by atoms with Crippen LogP contribution in [0.4, 0.5) is 0 Å². The first-order valence-electron chi connectivity index (χ1n) is 7.69. The summed E-state index contributed by atoms with van der Waals surface area (Å²) in [5, 5.41) is 3.73. The van der Waals surface area contributed by atoms with E-state index in [0.29, 0.717) is 6.04 Å². The minimum atomic E-state index is 0.562. The van der Waals surface area contributed by atoms with Crippen LogP contribution in [0.2, 0.25) is 0 Å². The molecule has 1 aromatic rings. The van der Waals surface area contributed by atoms with E-state index < -0.39 is 0 Å². The molecule has 0 saturated heterocycles. The normalized spacial score (nSPS) is 17.4. The zero-order valence-corrected chi connectivity index (χ0v) is 11.9. The first-order chi connectivity index (χ1) is 8.86. The van der Waals surface area contributed by atoms with Crippen LogP contribution in [0.1, 0.15) is 75.5 Å². The Hall–Kier alpha value is -0.820. The van der Waals surface area contributed by atoms with Gasteiger partial charge in [-0.2, -0.15) is 0 Å². The quantitative estimate of drug-likeness (QED) is 0.728. The first-order valence-corrected chi connectivity index (χ1v) is 7.69. The predicted molar refractivity (Wildman–Crippen MR) is 79.0 cm³/mol. The molecule has 1 fully saturated rings. The molecule has 0 bridgehead atoms. The summed E-state index contributed by atoms with van der Waals surface area (Å²) in [6.07, 6.45) is 7.92. The van der Waals surface area contributed by atoms with E-state index in [1.54, 1.807) is 11.1 Å². The van der Waals surface area contributed by atoms with Gasteiger partial charge in [-0.1, -0.05) is 51.0 Å². The summed E-state index contributed by atoms with van der Waals surface area (Å²) in [6.45, 7) is 5.66. The van der Waals surface area contributed by atoms with Crippen molar-refractivity contribution in [3.8, 4) is 0 Å². The van der Waals surface area contributed by atoms with Crippen LogP contribution in [-0.4, -0.2) is 6.54 Å². The van der Waals surface area contributed by atoms with Crippen LogP contribution >= 0.6 is 0 Å². The summed E-state index contributed by atoms with van der Waals surface area (Å²) < 4.78 is 0. The minimum absolute atomic E-state index is 0.562. The maximum Gasteiger partial charge on any atom is 0.0322 e. The maximum absolute atomic E-state index is 3.73. The zero-order valence-electron chi connectivity index (χ0n) is 11.9. The lowest BCUT2D eigenvalue weighted by Crippen LogP contribution is -2.24. The van der Waals surface area contributed by atoms with Crippen molar-refractivity contribution in [1.82, 2.24) is 5.32 Å². The van der Waals surface area contributed by atoms with Gasteiger partial charge in [-0.25, -0.2) is 0 Å². The highest BCUT2D eigenvalue weighted by Crippen LogP contribution is 2.40.